The van der Waals surface area contributed by atoms with E-state index in [1.165, 1.54) is 25.2 Å². The van der Waals surface area contributed by atoms with Gasteiger partial charge in [0.2, 0.25) is 12.0 Å². The van der Waals surface area contributed by atoms with E-state index in [0.29, 0.717) is 6.41 Å². The topological polar surface area (TPSA) is 165 Å². The molecule has 3 amide bonds. The number of rotatable bonds is 8. The van der Waals surface area contributed by atoms with Crippen molar-refractivity contribution in [3.63, 3.8) is 0 Å². The second-order valence-electron chi connectivity index (χ2n) is 7.75. The molecule has 166 valence electrons. The zero-order chi connectivity index (χ0) is 23.4. The summed E-state index contributed by atoms with van der Waals surface area (Å²) < 4.78 is 5.28. The van der Waals surface area contributed by atoms with Crippen LogP contribution in [0.3, 0.4) is 0 Å². The molecule has 0 radical (unpaired) electrons. The van der Waals surface area contributed by atoms with Crippen molar-refractivity contribution in [2.45, 2.75) is 51.9 Å². The fraction of sp³-hybridized carbons (Fsp3) is 0.444. The third-order valence-electron chi connectivity index (χ3n) is 3.59. The fourth-order valence-corrected chi connectivity index (χ4v) is 2.71. The van der Waals surface area contributed by atoms with E-state index in [0.717, 1.165) is 11.3 Å². The third-order valence-corrected chi connectivity index (χ3v) is 4.37. The highest BCUT2D eigenvalue weighted by atomic mass is 32.1. The van der Waals surface area contributed by atoms with Crippen molar-refractivity contribution in [2.24, 2.45) is 5.16 Å². The summed E-state index contributed by atoms with van der Waals surface area (Å²) >= 11 is 1.00. The number of nitrogens with zero attached hydrogens (tertiary/aromatic N) is 2. The minimum absolute atomic E-state index is 0.00297. The lowest BCUT2D eigenvalue weighted by Crippen LogP contribution is -2.61. The van der Waals surface area contributed by atoms with Crippen LogP contribution in [0.5, 0.6) is 0 Å². The first-order valence-electron chi connectivity index (χ1n) is 8.90. The normalized spacial score (nSPS) is 16.4. The van der Waals surface area contributed by atoms with Gasteiger partial charge in [-0.2, -0.15) is 0 Å². The summed E-state index contributed by atoms with van der Waals surface area (Å²) in [7, 11) is 0. The maximum atomic E-state index is 12.8. The van der Waals surface area contributed by atoms with Crippen LogP contribution in [0, 0.1) is 0 Å². The number of ether oxygens (including phenoxy) is 1. The molecular weight excluding hydrogens is 430 g/mol. The Kier molecular flexibility index (Phi) is 6.93. The van der Waals surface area contributed by atoms with Gasteiger partial charge < -0.3 is 25.5 Å². The molecule has 0 spiro atoms. The Morgan fingerprint density at radius 2 is 2.00 bits per heavy atom. The van der Waals surface area contributed by atoms with Crippen LogP contribution in [0.1, 0.15) is 40.3 Å². The standard InChI is InChI=1S/C18H21N5O7S/c1-17(2,3)29-15(28)18(4,5)30-23-12(10-7-31-16(21-10)19-8-25)14(27)22-11-9(6-24)20-13(11)26/h7-8,11H,1-5H3,(H,20,26)(H,22,27)(H,19,21,25)/b23-12-/t11-/m0/s1. The predicted octanol–water partition coefficient (Wildman–Crippen LogP) is -0.117. The summed E-state index contributed by atoms with van der Waals surface area (Å²) in [5.74, 6) is -0.738. The number of β-lactam (4-membered cyclic amide) rings is 1. The van der Waals surface area contributed by atoms with Crippen molar-refractivity contribution >= 4 is 52.3 Å². The van der Waals surface area contributed by atoms with E-state index < -0.39 is 40.7 Å². The summed E-state index contributed by atoms with van der Waals surface area (Å²) in [4.78, 5) is 67.5. The van der Waals surface area contributed by atoms with Gasteiger partial charge in [0.25, 0.3) is 11.8 Å². The van der Waals surface area contributed by atoms with Gasteiger partial charge in [0.15, 0.2) is 16.9 Å². The van der Waals surface area contributed by atoms with Crippen LogP contribution in [0.4, 0.5) is 5.13 Å². The summed E-state index contributed by atoms with van der Waals surface area (Å²) in [5, 5.41) is 12.2. The molecule has 1 fully saturated rings. The van der Waals surface area contributed by atoms with Crippen LogP contribution in [0.25, 0.3) is 0 Å². The van der Waals surface area contributed by atoms with Crippen molar-refractivity contribution in [3.05, 3.63) is 16.8 Å². The van der Waals surface area contributed by atoms with Crippen LogP contribution < -0.4 is 16.0 Å². The number of amides is 3. The van der Waals surface area contributed by atoms with E-state index >= 15 is 0 Å². The Morgan fingerprint density at radius 3 is 2.55 bits per heavy atom. The molecule has 1 saturated heterocycles. The van der Waals surface area contributed by atoms with E-state index in [9.17, 15) is 24.0 Å². The van der Waals surface area contributed by atoms with Gasteiger partial charge in [-0.1, -0.05) is 5.16 Å². The second kappa shape index (κ2) is 9.06. The van der Waals surface area contributed by atoms with Crippen molar-refractivity contribution in [1.82, 2.24) is 15.6 Å². The first-order chi connectivity index (χ1) is 14.4. The lowest BCUT2D eigenvalue weighted by Gasteiger charge is -2.28. The number of oxime groups is 1. The molecule has 1 aromatic rings. The molecule has 2 heterocycles. The summed E-state index contributed by atoms with van der Waals surface area (Å²) in [6, 6.07) is -1.22. The van der Waals surface area contributed by atoms with Crippen molar-refractivity contribution < 1.29 is 33.5 Å². The lowest BCUT2D eigenvalue weighted by molar-refractivity contribution is -0.179. The largest absolute Gasteiger partial charge is 0.457 e. The van der Waals surface area contributed by atoms with E-state index in [2.05, 4.69) is 26.1 Å². The van der Waals surface area contributed by atoms with Crippen molar-refractivity contribution in [1.29, 1.82) is 0 Å². The Hall–Kier alpha value is -3.57. The predicted molar refractivity (Wildman–Crippen MR) is 109 cm³/mol. The number of hydrogen-bond donors (Lipinski definition) is 3. The average Bonchev–Trinajstić information content (AvgIpc) is 3.11. The SMILES string of the molecule is CC(C)(C)OC(=O)C(C)(C)O/N=C(\C(=O)N[C@@H]1C(=O)NC1=C=O)c1csc(NC=O)n1. The van der Waals surface area contributed by atoms with Gasteiger partial charge in [-0.3, -0.25) is 14.4 Å². The quantitative estimate of drug-likeness (QED) is 0.123. The number of nitrogens with one attached hydrogen (secondary N) is 3. The van der Waals surface area contributed by atoms with Gasteiger partial charge >= 0.3 is 5.97 Å². The Morgan fingerprint density at radius 1 is 1.32 bits per heavy atom. The number of carbonyl (C=O) groups is 4. The molecule has 2 rings (SSSR count). The maximum absolute atomic E-state index is 12.8. The van der Waals surface area contributed by atoms with E-state index in [4.69, 9.17) is 9.57 Å². The average molecular weight is 451 g/mol. The molecule has 0 aromatic carbocycles. The van der Waals surface area contributed by atoms with Gasteiger partial charge in [0.05, 0.1) is 0 Å². The first-order valence-corrected chi connectivity index (χ1v) is 9.78. The summed E-state index contributed by atoms with van der Waals surface area (Å²) in [6.07, 6.45) is 0.404. The zero-order valence-electron chi connectivity index (χ0n) is 17.4. The van der Waals surface area contributed by atoms with Crippen LogP contribution in [-0.2, 0) is 33.5 Å². The molecule has 31 heavy (non-hydrogen) atoms. The van der Waals surface area contributed by atoms with Gasteiger partial charge in [0.1, 0.15) is 22.9 Å². The lowest BCUT2D eigenvalue weighted by atomic mass is 10.1. The van der Waals surface area contributed by atoms with Crippen LogP contribution >= 0.6 is 11.3 Å². The molecular formula is C18H21N5O7S. The van der Waals surface area contributed by atoms with Crippen LogP contribution in [0.15, 0.2) is 16.2 Å². The fourth-order valence-electron chi connectivity index (χ4n) is 2.05. The highest BCUT2D eigenvalue weighted by Crippen LogP contribution is 2.20. The summed E-state index contributed by atoms with van der Waals surface area (Å²) in [6.45, 7) is 7.84. The molecule has 0 bridgehead atoms. The number of hydrogen-bond acceptors (Lipinski definition) is 10. The van der Waals surface area contributed by atoms with Crippen molar-refractivity contribution in [3.8, 4) is 0 Å². The molecule has 3 N–H and O–H groups in total. The van der Waals surface area contributed by atoms with Crippen LogP contribution in [-0.4, -0.2) is 58.1 Å². The monoisotopic (exact) mass is 451 g/mol. The van der Waals surface area contributed by atoms with E-state index in [1.807, 2.05) is 0 Å². The van der Waals surface area contributed by atoms with Gasteiger partial charge in [0, 0.05) is 5.38 Å². The minimum Gasteiger partial charge on any atom is -0.457 e. The molecule has 0 aliphatic carbocycles. The van der Waals surface area contributed by atoms with Gasteiger partial charge in [-0.05, 0) is 34.6 Å². The number of carbonyl (C=O) groups excluding carboxylic acids is 5. The maximum Gasteiger partial charge on any atom is 0.353 e. The number of aromatic nitrogens is 1. The Bertz CT molecular complexity index is 986. The molecule has 1 aliphatic rings. The Balaban J connectivity index is 2.31. The molecule has 0 unspecified atom stereocenters. The molecule has 0 saturated carbocycles. The molecule has 1 atom stereocenters. The van der Waals surface area contributed by atoms with Crippen LogP contribution in [0.2, 0.25) is 0 Å². The first kappa shape index (κ1) is 23.7. The minimum atomic E-state index is -1.57. The number of thiazole rings is 1. The molecule has 12 nitrogen and oxygen atoms in total. The van der Waals surface area contributed by atoms with E-state index in [1.54, 1.807) is 20.8 Å². The molecule has 1 aliphatic heterocycles. The highest BCUT2D eigenvalue weighted by molar-refractivity contribution is 7.14. The number of esters is 1. The smallest absolute Gasteiger partial charge is 0.353 e. The second-order valence-corrected chi connectivity index (χ2v) is 8.61. The van der Waals surface area contributed by atoms with Gasteiger partial charge in [-0.15, -0.1) is 11.3 Å². The van der Waals surface area contributed by atoms with E-state index in [-0.39, 0.29) is 16.5 Å². The number of anilines is 1. The Labute approximate surface area is 181 Å². The third kappa shape index (κ3) is 5.96. The summed E-state index contributed by atoms with van der Waals surface area (Å²) in [5.41, 5.74) is -2.88. The van der Waals surface area contributed by atoms with Crippen molar-refractivity contribution in [2.75, 3.05) is 5.32 Å². The molecule has 13 heteroatoms. The molecule has 1 aromatic heterocycles. The van der Waals surface area contributed by atoms with Gasteiger partial charge in [-0.25, -0.2) is 14.6 Å². The highest BCUT2D eigenvalue weighted by Gasteiger charge is 2.39. The zero-order valence-corrected chi connectivity index (χ0v) is 18.2.